The van der Waals surface area contributed by atoms with E-state index in [0.717, 1.165) is 57.4 Å². The van der Waals surface area contributed by atoms with Gasteiger partial charge in [-0.15, -0.1) is 6.42 Å². The monoisotopic (exact) mass is 449 g/mol. The van der Waals surface area contributed by atoms with Crippen LogP contribution < -0.4 is 0 Å². The molecular weight excluding hydrogens is 422 g/mol. The highest BCUT2D eigenvalue weighted by Gasteiger charge is 2.42. The molecule has 2 amide bonds. The molecule has 4 aromatic rings. The first-order valence-electron chi connectivity index (χ1n) is 11.7. The maximum absolute atomic E-state index is 13.8. The molecule has 0 atom stereocenters. The maximum Gasteiger partial charge on any atom is 0.263 e. The molecule has 5 rings (SSSR count). The van der Waals surface area contributed by atoms with Crippen LogP contribution in [-0.2, 0) is 22.7 Å². The van der Waals surface area contributed by atoms with Gasteiger partial charge in [0.25, 0.3) is 11.8 Å². The fraction of sp³-hybridized carbons (Fsp3) is 0.241. The lowest BCUT2D eigenvalue weighted by atomic mass is 9.93. The number of hydrogen-bond donors (Lipinski definition) is 0. The topological polar surface area (TPSA) is 47.2 Å². The predicted octanol–water partition coefficient (Wildman–Crippen LogP) is 5.17. The van der Waals surface area contributed by atoms with E-state index in [1.165, 1.54) is 4.90 Å². The number of carbonyl (C=O) groups is 2. The van der Waals surface area contributed by atoms with Crippen molar-refractivity contribution in [1.82, 2.24) is 14.0 Å². The second-order valence-electron chi connectivity index (χ2n) is 8.59. The molecule has 2 aromatic carbocycles. The molecule has 170 valence electrons. The SMILES string of the molecule is C#CCN1C(=O)C(c2c(C)n(CC)c3ccccc23)=C(c2c(C)n(CC)c3ccccc23)C1=O. The molecule has 0 bridgehead atoms. The normalized spacial score (nSPS) is 14.1. The molecule has 34 heavy (non-hydrogen) atoms. The summed E-state index contributed by atoms with van der Waals surface area (Å²) in [4.78, 5) is 28.9. The van der Waals surface area contributed by atoms with Crippen LogP contribution in [0.4, 0.5) is 0 Å². The van der Waals surface area contributed by atoms with Crippen molar-refractivity contribution in [3.8, 4) is 12.3 Å². The van der Waals surface area contributed by atoms with Crippen LogP contribution >= 0.6 is 0 Å². The molecule has 0 radical (unpaired) electrons. The third-order valence-electron chi connectivity index (χ3n) is 7.01. The lowest BCUT2D eigenvalue weighted by Gasteiger charge is -2.11. The van der Waals surface area contributed by atoms with Crippen molar-refractivity contribution in [3.05, 3.63) is 71.0 Å². The van der Waals surface area contributed by atoms with E-state index in [4.69, 9.17) is 6.42 Å². The largest absolute Gasteiger partial charge is 0.345 e. The molecule has 0 saturated carbocycles. The van der Waals surface area contributed by atoms with Crippen molar-refractivity contribution < 1.29 is 9.59 Å². The molecule has 0 aliphatic carbocycles. The van der Waals surface area contributed by atoms with Crippen molar-refractivity contribution in [2.75, 3.05) is 6.54 Å². The van der Waals surface area contributed by atoms with Crippen molar-refractivity contribution in [1.29, 1.82) is 0 Å². The van der Waals surface area contributed by atoms with Crippen LogP contribution in [0.3, 0.4) is 0 Å². The Labute approximate surface area is 199 Å². The summed E-state index contributed by atoms with van der Waals surface area (Å²) < 4.78 is 4.39. The lowest BCUT2D eigenvalue weighted by Crippen LogP contribution is -2.31. The van der Waals surface area contributed by atoms with Gasteiger partial charge in [0, 0.05) is 57.4 Å². The molecule has 3 heterocycles. The fourth-order valence-corrected chi connectivity index (χ4v) is 5.58. The Kier molecular flexibility index (Phi) is 5.17. The molecule has 5 nitrogen and oxygen atoms in total. The average molecular weight is 450 g/mol. The Morgan fingerprint density at radius 2 is 1.15 bits per heavy atom. The number of aryl methyl sites for hydroxylation is 2. The number of fused-ring (bicyclic) bond motifs is 2. The number of amides is 2. The Balaban J connectivity index is 1.95. The van der Waals surface area contributed by atoms with Gasteiger partial charge in [0.15, 0.2) is 0 Å². The van der Waals surface area contributed by atoms with Crippen LogP contribution in [0, 0.1) is 26.2 Å². The van der Waals surface area contributed by atoms with Crippen LogP contribution in [0.2, 0.25) is 0 Å². The summed E-state index contributed by atoms with van der Waals surface area (Å²) in [5.41, 5.74) is 6.57. The summed E-state index contributed by atoms with van der Waals surface area (Å²) in [6.07, 6.45) is 5.57. The minimum atomic E-state index is -0.326. The highest BCUT2D eigenvalue weighted by molar-refractivity contribution is 6.51. The van der Waals surface area contributed by atoms with Crippen LogP contribution in [0.15, 0.2) is 48.5 Å². The molecule has 0 saturated heterocycles. The molecule has 0 fully saturated rings. The average Bonchev–Trinajstić information content (AvgIpc) is 3.37. The van der Waals surface area contributed by atoms with E-state index in [-0.39, 0.29) is 18.4 Å². The van der Waals surface area contributed by atoms with Gasteiger partial charge in [-0.2, -0.15) is 0 Å². The Morgan fingerprint density at radius 3 is 1.53 bits per heavy atom. The Hall–Kier alpha value is -4.04. The van der Waals surface area contributed by atoms with Gasteiger partial charge in [0.1, 0.15) is 0 Å². The number of benzene rings is 2. The fourth-order valence-electron chi connectivity index (χ4n) is 5.58. The van der Waals surface area contributed by atoms with Crippen molar-refractivity contribution in [2.45, 2.75) is 40.8 Å². The van der Waals surface area contributed by atoms with Gasteiger partial charge >= 0.3 is 0 Å². The van der Waals surface area contributed by atoms with E-state index in [1.54, 1.807) is 0 Å². The van der Waals surface area contributed by atoms with Gasteiger partial charge in [-0.25, -0.2) is 0 Å². The van der Waals surface area contributed by atoms with Crippen LogP contribution in [0.5, 0.6) is 0 Å². The number of imide groups is 1. The minimum Gasteiger partial charge on any atom is -0.345 e. The Bertz CT molecular complexity index is 1460. The first kappa shape index (κ1) is 21.8. The van der Waals surface area contributed by atoms with Crippen LogP contribution in [0.1, 0.15) is 36.4 Å². The summed E-state index contributed by atoms with van der Waals surface area (Å²) >= 11 is 0. The molecule has 1 aliphatic rings. The van der Waals surface area contributed by atoms with E-state index >= 15 is 0 Å². The molecule has 1 aliphatic heterocycles. The standard InChI is InChI=1S/C29H27N3O2/c1-6-17-32-28(33)26(24-18(4)30(7-2)22-15-11-9-13-20(22)24)27(29(32)34)25-19(5)31(8-3)23-16-12-10-14-21(23)25/h1,9-16H,7-8,17H2,2-5H3. The Morgan fingerprint density at radius 1 is 0.735 bits per heavy atom. The lowest BCUT2D eigenvalue weighted by molar-refractivity contribution is -0.135. The quantitative estimate of drug-likeness (QED) is 0.312. The number of aromatic nitrogens is 2. The van der Waals surface area contributed by atoms with Gasteiger partial charge in [-0.1, -0.05) is 42.3 Å². The number of para-hydroxylation sites is 2. The molecular formula is C29H27N3O2. The van der Waals surface area contributed by atoms with E-state index in [0.29, 0.717) is 11.1 Å². The number of terminal acetylenes is 1. The third kappa shape index (κ3) is 2.82. The molecule has 5 heteroatoms. The zero-order valence-corrected chi connectivity index (χ0v) is 20.0. The summed E-state index contributed by atoms with van der Waals surface area (Å²) in [6, 6.07) is 16.1. The summed E-state index contributed by atoms with van der Waals surface area (Å²) in [7, 11) is 0. The predicted molar refractivity (Wildman–Crippen MR) is 137 cm³/mol. The van der Waals surface area contributed by atoms with Crippen molar-refractivity contribution in [2.24, 2.45) is 0 Å². The summed E-state index contributed by atoms with van der Waals surface area (Å²) in [5.74, 6) is 1.85. The van der Waals surface area contributed by atoms with Crippen LogP contribution in [0.25, 0.3) is 33.0 Å². The van der Waals surface area contributed by atoms with Gasteiger partial charge < -0.3 is 9.13 Å². The van der Waals surface area contributed by atoms with Crippen molar-refractivity contribution in [3.63, 3.8) is 0 Å². The number of nitrogens with zero attached hydrogens (tertiary/aromatic N) is 3. The number of carbonyl (C=O) groups excluding carboxylic acids is 2. The van der Waals surface area contributed by atoms with E-state index in [2.05, 4.69) is 41.0 Å². The minimum absolute atomic E-state index is 0.0540. The summed E-state index contributed by atoms with van der Waals surface area (Å²) in [5, 5.41) is 1.94. The van der Waals surface area contributed by atoms with Gasteiger partial charge in [-0.05, 0) is 39.8 Å². The molecule has 2 aromatic heterocycles. The van der Waals surface area contributed by atoms with Gasteiger partial charge in [0.2, 0.25) is 0 Å². The molecule has 0 spiro atoms. The van der Waals surface area contributed by atoms with E-state index in [9.17, 15) is 9.59 Å². The van der Waals surface area contributed by atoms with Crippen LogP contribution in [-0.4, -0.2) is 32.4 Å². The first-order chi connectivity index (χ1) is 16.5. The van der Waals surface area contributed by atoms with Crippen molar-refractivity contribution >= 4 is 44.8 Å². The second kappa shape index (κ2) is 8.07. The van der Waals surface area contributed by atoms with Gasteiger partial charge in [-0.3, -0.25) is 14.5 Å². The van der Waals surface area contributed by atoms with E-state index in [1.807, 2.05) is 50.2 Å². The highest BCUT2D eigenvalue weighted by Crippen LogP contribution is 2.44. The third-order valence-corrected chi connectivity index (χ3v) is 7.01. The maximum atomic E-state index is 13.8. The number of hydrogen-bond acceptors (Lipinski definition) is 2. The highest BCUT2D eigenvalue weighted by atomic mass is 16.2. The zero-order valence-electron chi connectivity index (χ0n) is 20.0. The molecule has 0 N–H and O–H groups in total. The molecule has 0 unspecified atom stereocenters. The first-order valence-corrected chi connectivity index (χ1v) is 11.7. The zero-order chi connectivity index (χ0) is 24.1. The van der Waals surface area contributed by atoms with E-state index < -0.39 is 0 Å². The van der Waals surface area contributed by atoms with Gasteiger partial charge in [0.05, 0.1) is 17.7 Å². The second-order valence-corrected chi connectivity index (χ2v) is 8.59. The summed E-state index contributed by atoms with van der Waals surface area (Å²) in [6.45, 7) is 9.69. The number of rotatable bonds is 5. The smallest absolute Gasteiger partial charge is 0.263 e.